The fraction of sp³-hybridized carbons (Fsp3) is 0.688. The first-order valence-corrected chi connectivity index (χ1v) is 16.7. The maximum absolute atomic E-state index is 14.4. The molecule has 9 heteroatoms. The van der Waals surface area contributed by atoms with Crippen molar-refractivity contribution in [2.75, 3.05) is 6.61 Å². The molecule has 4 atom stereocenters. The largest absolute Gasteiger partial charge is 0.487 e. The van der Waals surface area contributed by atoms with Crippen molar-refractivity contribution >= 4 is 19.2 Å². The summed E-state index contributed by atoms with van der Waals surface area (Å²) in [6, 6.07) is 2.90. The van der Waals surface area contributed by atoms with Gasteiger partial charge in [-0.15, -0.1) is 0 Å². The summed E-state index contributed by atoms with van der Waals surface area (Å²) in [7, 11) is -4.42. The van der Waals surface area contributed by atoms with E-state index in [1.54, 1.807) is 20.8 Å². The van der Waals surface area contributed by atoms with Crippen molar-refractivity contribution < 1.29 is 32.9 Å². The van der Waals surface area contributed by atoms with E-state index in [0.717, 1.165) is 43.2 Å². The average Bonchev–Trinajstić information content (AvgIpc) is 2.86. The highest BCUT2D eigenvalue weighted by atomic mass is 31.2. The van der Waals surface area contributed by atoms with Crippen LogP contribution in [-0.2, 0) is 24.2 Å². The highest BCUT2D eigenvalue weighted by Gasteiger charge is 2.48. The van der Waals surface area contributed by atoms with Crippen LogP contribution >= 0.6 is 7.52 Å². The zero-order chi connectivity index (χ0) is 30.8. The molecule has 1 aromatic carbocycles. The predicted molar refractivity (Wildman–Crippen MR) is 162 cm³/mol. The van der Waals surface area contributed by atoms with Gasteiger partial charge in [0.2, 0.25) is 0 Å². The van der Waals surface area contributed by atoms with Crippen LogP contribution in [-0.4, -0.2) is 36.0 Å². The molecule has 0 radical (unpaired) electrons. The fourth-order valence-electron chi connectivity index (χ4n) is 5.84. The van der Waals surface area contributed by atoms with Gasteiger partial charge >= 0.3 is 19.2 Å². The smallest absolute Gasteiger partial charge is 0.424 e. The minimum Gasteiger partial charge on any atom is -0.487 e. The summed E-state index contributed by atoms with van der Waals surface area (Å²) in [5, 5.41) is 2.66. The number of ether oxygens (including phenoxy) is 3. The lowest BCUT2D eigenvalue weighted by Crippen LogP contribution is -2.45. The number of carbonyl (C=O) groups excluding carboxylic acids is 2. The van der Waals surface area contributed by atoms with Crippen LogP contribution in [0.25, 0.3) is 0 Å². The van der Waals surface area contributed by atoms with Crippen molar-refractivity contribution in [2.45, 2.75) is 130 Å². The molecule has 2 aliphatic rings. The van der Waals surface area contributed by atoms with Gasteiger partial charge in [0.05, 0.1) is 12.7 Å². The summed E-state index contributed by atoms with van der Waals surface area (Å²) in [5.41, 5.74) is 1.29. The van der Waals surface area contributed by atoms with E-state index in [4.69, 9.17) is 18.7 Å². The summed E-state index contributed by atoms with van der Waals surface area (Å²) >= 11 is 0. The minimum absolute atomic E-state index is 0.00477. The van der Waals surface area contributed by atoms with Gasteiger partial charge in [-0.1, -0.05) is 45.3 Å². The summed E-state index contributed by atoms with van der Waals surface area (Å²) in [6.07, 6.45) is 6.81. The van der Waals surface area contributed by atoms with Crippen LogP contribution in [0.5, 0.6) is 11.5 Å². The van der Waals surface area contributed by atoms with Gasteiger partial charge in [-0.05, 0) is 90.8 Å². The molecule has 0 saturated heterocycles. The number of unbranched alkanes of at least 4 members (excludes halogenated alkanes) is 1. The second kappa shape index (κ2) is 12.9. The van der Waals surface area contributed by atoms with Crippen LogP contribution in [0.15, 0.2) is 23.8 Å². The molecule has 0 bridgehead atoms. The highest BCUT2D eigenvalue weighted by Crippen LogP contribution is 2.57. The molecule has 4 unspecified atom stereocenters. The van der Waals surface area contributed by atoms with Crippen LogP contribution in [0.1, 0.15) is 118 Å². The Morgan fingerprint density at radius 1 is 1.20 bits per heavy atom. The van der Waals surface area contributed by atoms with E-state index < -0.39 is 30.8 Å². The Morgan fingerprint density at radius 3 is 2.49 bits per heavy atom. The van der Waals surface area contributed by atoms with Gasteiger partial charge in [-0.2, -0.15) is 0 Å². The van der Waals surface area contributed by atoms with Crippen molar-refractivity contribution in [3.63, 3.8) is 0 Å². The molecule has 0 aromatic heterocycles. The van der Waals surface area contributed by atoms with E-state index >= 15 is 0 Å². The van der Waals surface area contributed by atoms with Gasteiger partial charge in [0.1, 0.15) is 23.1 Å². The van der Waals surface area contributed by atoms with Crippen LogP contribution in [0.4, 0.5) is 4.79 Å². The van der Waals surface area contributed by atoms with Gasteiger partial charge in [-0.25, -0.2) is 14.4 Å². The first-order valence-electron chi connectivity index (χ1n) is 15.0. The Hall–Kier alpha value is -2.31. The molecule has 1 heterocycles. The zero-order valence-electron chi connectivity index (χ0n) is 26.6. The topological polar surface area (TPSA) is 100 Å². The molecule has 3 rings (SSSR count). The van der Waals surface area contributed by atoms with Gasteiger partial charge < -0.3 is 18.7 Å². The van der Waals surface area contributed by atoms with Gasteiger partial charge in [0.15, 0.2) is 0 Å². The lowest BCUT2D eigenvalue weighted by Gasteiger charge is -2.47. The molecule has 0 amide bonds. The summed E-state index contributed by atoms with van der Waals surface area (Å²) in [5.74, 6) is 0.452. The van der Waals surface area contributed by atoms with Gasteiger partial charge in [-0.3, -0.25) is 4.79 Å². The normalized spacial score (nSPS) is 21.9. The van der Waals surface area contributed by atoms with Crippen molar-refractivity contribution in [2.24, 2.45) is 5.92 Å². The standard InChI is InChI=1S/C32H50NO7P/c1-11-13-16-31(7,8)23-18-26-28(24-17-21(5)14-15-25(24)32(9,10)39-26)27(19-23)40-41(36,30(35)37-12-2)33-22(6)29(34)38-20(3)4/h17-20,22,24-25H,11-16H2,1-10H3,(H,33,36). The molecular formula is C32H50NO7P. The lowest BCUT2D eigenvalue weighted by atomic mass is 9.67. The Bertz CT molecular complexity index is 1200. The third kappa shape index (κ3) is 7.56. The summed E-state index contributed by atoms with van der Waals surface area (Å²) in [6.45, 7) is 19.4. The van der Waals surface area contributed by atoms with E-state index in [1.165, 1.54) is 12.5 Å². The van der Waals surface area contributed by atoms with Crippen LogP contribution in [0, 0.1) is 5.92 Å². The monoisotopic (exact) mass is 591 g/mol. The number of carbonyl (C=O) groups is 2. The van der Waals surface area contributed by atoms with E-state index in [0.29, 0.717) is 11.5 Å². The fourth-order valence-corrected chi connectivity index (χ4v) is 7.42. The van der Waals surface area contributed by atoms with Crippen LogP contribution in [0.2, 0.25) is 0 Å². The molecule has 1 aliphatic heterocycles. The molecule has 1 aromatic rings. The second-order valence-electron chi connectivity index (χ2n) is 12.9. The predicted octanol–water partition coefficient (Wildman–Crippen LogP) is 8.42. The zero-order valence-corrected chi connectivity index (χ0v) is 27.5. The van der Waals surface area contributed by atoms with Crippen LogP contribution < -0.4 is 14.3 Å². The van der Waals surface area contributed by atoms with Crippen molar-refractivity contribution in [1.82, 2.24) is 5.09 Å². The molecule has 230 valence electrons. The Kier molecular flexibility index (Phi) is 10.5. The van der Waals surface area contributed by atoms with Gasteiger partial charge in [0.25, 0.3) is 0 Å². The first kappa shape index (κ1) is 33.2. The highest BCUT2D eigenvalue weighted by molar-refractivity contribution is 7.74. The SMILES string of the molecule is CCCCC(C)(C)c1cc2c(c(OP(=O)(NC(C)C(=O)OC(C)C)C(=O)OCC)c1)C1C=C(C)CCC1C(C)(C)O2. The first-order chi connectivity index (χ1) is 19.0. The number of esters is 1. The van der Waals surface area contributed by atoms with Gasteiger partial charge in [0, 0.05) is 17.4 Å². The number of benzene rings is 1. The minimum atomic E-state index is -4.42. The second-order valence-corrected chi connectivity index (χ2v) is 14.9. The molecule has 1 N–H and O–H groups in total. The number of rotatable bonds is 12. The molecule has 0 saturated carbocycles. The molecule has 0 spiro atoms. The molecular weight excluding hydrogens is 541 g/mol. The maximum Gasteiger partial charge on any atom is 0.424 e. The average molecular weight is 592 g/mol. The number of hydrogen-bond acceptors (Lipinski definition) is 7. The van der Waals surface area contributed by atoms with E-state index in [-0.39, 0.29) is 30.0 Å². The van der Waals surface area contributed by atoms with E-state index in [2.05, 4.69) is 58.8 Å². The van der Waals surface area contributed by atoms with E-state index in [9.17, 15) is 14.2 Å². The van der Waals surface area contributed by atoms with Crippen molar-refractivity contribution in [3.8, 4) is 11.5 Å². The van der Waals surface area contributed by atoms with E-state index in [1.807, 2.05) is 6.07 Å². The Labute approximate surface area is 246 Å². The quantitative estimate of drug-likeness (QED) is 0.147. The number of nitrogens with one attached hydrogen (secondary N) is 1. The number of fused-ring (bicyclic) bond motifs is 3. The number of hydrogen-bond donors (Lipinski definition) is 1. The summed E-state index contributed by atoms with van der Waals surface area (Å²) in [4.78, 5) is 25.8. The maximum atomic E-state index is 14.4. The third-order valence-corrected chi connectivity index (χ3v) is 9.98. The van der Waals surface area contributed by atoms with Crippen molar-refractivity contribution in [1.29, 1.82) is 0 Å². The third-order valence-electron chi connectivity index (χ3n) is 8.19. The van der Waals surface area contributed by atoms with Crippen LogP contribution in [0.3, 0.4) is 0 Å². The molecule has 0 fully saturated rings. The number of allylic oxidation sites excluding steroid dienone is 2. The Morgan fingerprint density at radius 2 is 1.88 bits per heavy atom. The molecule has 1 aliphatic carbocycles. The van der Waals surface area contributed by atoms with Crippen molar-refractivity contribution in [3.05, 3.63) is 34.9 Å². The molecule has 41 heavy (non-hydrogen) atoms. The molecule has 8 nitrogen and oxygen atoms in total. The Balaban J connectivity index is 2.20. The lowest BCUT2D eigenvalue weighted by molar-refractivity contribution is -0.149. The summed E-state index contributed by atoms with van der Waals surface area (Å²) < 4.78 is 37.8.